The van der Waals surface area contributed by atoms with E-state index in [1.807, 2.05) is 0 Å². The first-order valence-electron chi connectivity index (χ1n) is 5.64. The zero-order chi connectivity index (χ0) is 15.4. The van der Waals surface area contributed by atoms with E-state index in [1.54, 1.807) is 0 Å². The smallest absolute Gasteiger partial charge is 0.358 e. The molecule has 0 bridgehead atoms. The number of anilines is 1. The van der Waals surface area contributed by atoms with Crippen LogP contribution in [-0.4, -0.2) is 42.5 Å². The van der Waals surface area contributed by atoms with Gasteiger partial charge in [0, 0.05) is 23.3 Å². The van der Waals surface area contributed by atoms with Gasteiger partial charge in [-0.3, -0.25) is 10.1 Å². The van der Waals surface area contributed by atoms with Crippen LogP contribution in [0.3, 0.4) is 0 Å². The molecule has 21 heavy (non-hydrogen) atoms. The summed E-state index contributed by atoms with van der Waals surface area (Å²) in [6.07, 6.45) is 2.71. The lowest BCUT2D eigenvalue weighted by atomic mass is 10.4. The number of hydrogen-bond acceptors (Lipinski definition) is 7. The maximum atomic E-state index is 10.9. The molecule has 0 radical (unpaired) electrons. The number of carboxylic acid groups (broad SMARTS) is 1. The highest BCUT2D eigenvalue weighted by molar-refractivity contribution is 9.10. The fourth-order valence-corrected chi connectivity index (χ4v) is 1.82. The van der Waals surface area contributed by atoms with E-state index in [1.165, 1.54) is 23.1 Å². The predicted octanol–water partition coefficient (Wildman–Crippen LogP) is 1.15. The second-order valence-corrected chi connectivity index (χ2v) is 4.79. The third kappa shape index (κ3) is 3.72. The van der Waals surface area contributed by atoms with Crippen molar-refractivity contribution < 1.29 is 14.8 Å². The molecule has 2 aromatic heterocycles. The lowest BCUT2D eigenvalue weighted by Crippen LogP contribution is -2.13. The minimum Gasteiger partial charge on any atom is -0.476 e. The van der Waals surface area contributed by atoms with Gasteiger partial charge in [-0.05, 0) is 15.9 Å². The number of pyridine rings is 1. The van der Waals surface area contributed by atoms with Crippen molar-refractivity contribution in [3.63, 3.8) is 0 Å². The van der Waals surface area contributed by atoms with Crippen LogP contribution in [0.5, 0.6) is 0 Å². The number of carboxylic acids is 1. The Balaban J connectivity index is 2.00. The summed E-state index contributed by atoms with van der Waals surface area (Å²) in [5.74, 6) is -1.04. The molecule has 0 unspecified atom stereocenters. The summed E-state index contributed by atoms with van der Waals surface area (Å²) >= 11 is 3.11. The summed E-state index contributed by atoms with van der Waals surface area (Å²) in [7, 11) is 0. The molecule has 0 amide bonds. The summed E-state index contributed by atoms with van der Waals surface area (Å²) in [6.45, 7) is 0.563. The number of nitrogens with one attached hydrogen (secondary N) is 1. The Morgan fingerprint density at radius 1 is 1.57 bits per heavy atom. The van der Waals surface area contributed by atoms with Crippen LogP contribution >= 0.6 is 15.9 Å². The number of rotatable bonds is 6. The van der Waals surface area contributed by atoms with Crippen LogP contribution in [0.1, 0.15) is 10.5 Å². The van der Waals surface area contributed by atoms with Crippen LogP contribution in [0.15, 0.2) is 22.9 Å². The maximum absolute atomic E-state index is 10.9. The van der Waals surface area contributed by atoms with Gasteiger partial charge in [0.1, 0.15) is 0 Å². The number of nitro groups is 1. The number of nitrogens with zero attached hydrogens (tertiary/aromatic N) is 5. The van der Waals surface area contributed by atoms with Gasteiger partial charge in [-0.25, -0.2) is 14.5 Å². The Hall–Kier alpha value is -2.56. The molecule has 0 spiro atoms. The molecule has 2 heterocycles. The van der Waals surface area contributed by atoms with Crippen molar-refractivity contribution in [1.82, 2.24) is 20.0 Å². The van der Waals surface area contributed by atoms with E-state index in [0.29, 0.717) is 4.47 Å². The van der Waals surface area contributed by atoms with Gasteiger partial charge in [-0.15, -0.1) is 5.10 Å². The second-order valence-electron chi connectivity index (χ2n) is 3.88. The second kappa shape index (κ2) is 6.26. The molecular formula is C10H9BrN6O4. The predicted molar refractivity (Wildman–Crippen MR) is 74.1 cm³/mol. The van der Waals surface area contributed by atoms with Gasteiger partial charge in [0.05, 0.1) is 17.7 Å². The maximum Gasteiger partial charge on any atom is 0.358 e. The minimum atomic E-state index is -1.17. The largest absolute Gasteiger partial charge is 0.476 e. The zero-order valence-electron chi connectivity index (χ0n) is 10.4. The van der Waals surface area contributed by atoms with Crippen molar-refractivity contribution in [2.75, 3.05) is 11.9 Å². The molecule has 0 saturated heterocycles. The van der Waals surface area contributed by atoms with Crippen LogP contribution in [0.25, 0.3) is 0 Å². The summed E-state index contributed by atoms with van der Waals surface area (Å²) in [6, 6.07) is 1.34. The van der Waals surface area contributed by atoms with Crippen molar-refractivity contribution >= 4 is 33.4 Å². The molecule has 0 fully saturated rings. The first-order valence-corrected chi connectivity index (χ1v) is 6.44. The van der Waals surface area contributed by atoms with E-state index >= 15 is 0 Å². The first-order chi connectivity index (χ1) is 9.97. The molecule has 2 N–H and O–H groups in total. The molecule has 0 atom stereocenters. The molecule has 2 rings (SSSR count). The molecule has 0 aliphatic heterocycles. The third-order valence-electron chi connectivity index (χ3n) is 2.42. The Kier molecular flexibility index (Phi) is 4.42. The van der Waals surface area contributed by atoms with Crippen LogP contribution in [0, 0.1) is 10.1 Å². The van der Waals surface area contributed by atoms with Gasteiger partial charge >= 0.3 is 11.7 Å². The fourth-order valence-electron chi connectivity index (χ4n) is 1.50. The van der Waals surface area contributed by atoms with E-state index in [0.717, 1.165) is 0 Å². The highest BCUT2D eigenvalue weighted by Crippen LogP contribution is 2.24. The molecule has 0 aromatic carbocycles. The average molecular weight is 357 g/mol. The van der Waals surface area contributed by atoms with Crippen molar-refractivity contribution in [2.45, 2.75) is 6.54 Å². The lowest BCUT2D eigenvalue weighted by molar-refractivity contribution is -0.384. The van der Waals surface area contributed by atoms with Crippen LogP contribution in [0.2, 0.25) is 0 Å². The van der Waals surface area contributed by atoms with Gasteiger partial charge in [0.2, 0.25) is 5.82 Å². The average Bonchev–Trinajstić information content (AvgIpc) is 2.89. The summed E-state index contributed by atoms with van der Waals surface area (Å²) < 4.78 is 1.82. The molecule has 0 saturated carbocycles. The number of aromatic carboxylic acids is 1. The van der Waals surface area contributed by atoms with Gasteiger partial charge in [-0.1, -0.05) is 5.21 Å². The zero-order valence-corrected chi connectivity index (χ0v) is 12.0. The monoisotopic (exact) mass is 356 g/mol. The van der Waals surface area contributed by atoms with Crippen molar-refractivity contribution in [3.8, 4) is 0 Å². The van der Waals surface area contributed by atoms with Gasteiger partial charge in [-0.2, -0.15) is 0 Å². The standard InChI is InChI=1S/C10H9BrN6O4/c11-6-3-8(17(20)21)9(13-4-6)12-1-2-16-5-7(10(18)19)14-15-16/h3-5H,1-2H2,(H,12,13)(H,18,19). The highest BCUT2D eigenvalue weighted by Gasteiger charge is 2.15. The number of aromatic nitrogens is 4. The third-order valence-corrected chi connectivity index (χ3v) is 2.86. The van der Waals surface area contributed by atoms with Crippen molar-refractivity contribution in [1.29, 1.82) is 0 Å². The minimum absolute atomic E-state index is 0.127. The topological polar surface area (TPSA) is 136 Å². The van der Waals surface area contributed by atoms with E-state index in [-0.39, 0.29) is 30.3 Å². The van der Waals surface area contributed by atoms with E-state index < -0.39 is 10.9 Å². The van der Waals surface area contributed by atoms with Crippen molar-refractivity contribution in [2.24, 2.45) is 0 Å². The van der Waals surface area contributed by atoms with E-state index in [2.05, 4.69) is 36.5 Å². The normalized spacial score (nSPS) is 10.3. The molecule has 11 heteroatoms. The van der Waals surface area contributed by atoms with E-state index in [4.69, 9.17) is 5.11 Å². The lowest BCUT2D eigenvalue weighted by Gasteiger charge is -2.06. The molecule has 10 nitrogen and oxygen atoms in total. The van der Waals surface area contributed by atoms with Crippen molar-refractivity contribution in [3.05, 3.63) is 38.7 Å². The molecular weight excluding hydrogens is 348 g/mol. The van der Waals surface area contributed by atoms with Crippen LogP contribution in [0.4, 0.5) is 11.5 Å². The number of halogens is 1. The van der Waals surface area contributed by atoms with Crippen LogP contribution < -0.4 is 5.32 Å². The van der Waals surface area contributed by atoms with Gasteiger partial charge < -0.3 is 10.4 Å². The van der Waals surface area contributed by atoms with E-state index in [9.17, 15) is 14.9 Å². The molecule has 2 aromatic rings. The Labute approximate surface area is 126 Å². The number of carbonyl (C=O) groups is 1. The summed E-state index contributed by atoms with van der Waals surface area (Å²) in [5, 5.41) is 29.5. The quantitative estimate of drug-likeness (QED) is 0.580. The summed E-state index contributed by atoms with van der Waals surface area (Å²) in [4.78, 5) is 24.9. The highest BCUT2D eigenvalue weighted by atomic mass is 79.9. The SMILES string of the molecule is O=C(O)c1cn(CCNc2ncc(Br)cc2[N+](=O)[O-])nn1. The van der Waals surface area contributed by atoms with Crippen LogP contribution in [-0.2, 0) is 6.54 Å². The Morgan fingerprint density at radius 3 is 2.95 bits per heavy atom. The van der Waals surface area contributed by atoms with Gasteiger partial charge in [0.25, 0.3) is 0 Å². The Morgan fingerprint density at radius 2 is 2.33 bits per heavy atom. The first kappa shape index (κ1) is 14.8. The van der Waals surface area contributed by atoms with Gasteiger partial charge in [0.15, 0.2) is 5.69 Å². The summed E-state index contributed by atoms with van der Waals surface area (Å²) in [5.41, 5.74) is -0.322. The molecule has 110 valence electrons. The molecule has 0 aliphatic carbocycles. The molecule has 0 aliphatic rings. The number of hydrogen-bond donors (Lipinski definition) is 2. The fraction of sp³-hybridized carbons (Fsp3) is 0.200. The Bertz CT molecular complexity index is 688.